The van der Waals surface area contributed by atoms with E-state index in [0.29, 0.717) is 13.2 Å². The maximum Gasteiger partial charge on any atom is 0.183 e. The van der Waals surface area contributed by atoms with Crippen molar-refractivity contribution in [2.75, 3.05) is 20.3 Å². The summed E-state index contributed by atoms with van der Waals surface area (Å²) in [6, 6.07) is 8.71. The minimum atomic E-state index is -1.05. The predicted octanol–water partition coefficient (Wildman–Crippen LogP) is 5.88. The van der Waals surface area contributed by atoms with Crippen molar-refractivity contribution in [3.63, 3.8) is 0 Å². The third-order valence-electron chi connectivity index (χ3n) is 3.70. The van der Waals surface area contributed by atoms with Crippen LogP contribution in [0.15, 0.2) is 47.7 Å². The van der Waals surface area contributed by atoms with Crippen LogP contribution in [0.25, 0.3) is 0 Å². The molecule has 0 aliphatic carbocycles. The highest BCUT2D eigenvalue weighted by Gasteiger charge is 2.30. The van der Waals surface area contributed by atoms with Gasteiger partial charge in [0.25, 0.3) is 0 Å². The molecular formula is C20H32NO2P. The first-order valence-corrected chi connectivity index (χ1v) is 10.0. The molecule has 0 aromatic heterocycles. The first kappa shape index (κ1) is 20.9. The molecule has 134 valence electrons. The van der Waals surface area contributed by atoms with E-state index in [-0.39, 0.29) is 5.66 Å². The fraction of sp³-hybridized carbons (Fsp3) is 0.500. The molecule has 4 heteroatoms. The van der Waals surface area contributed by atoms with Crippen LogP contribution in [0, 0.1) is 6.92 Å². The summed E-state index contributed by atoms with van der Waals surface area (Å²) in [5, 5.41) is 3.33. The zero-order valence-corrected chi connectivity index (χ0v) is 16.8. The van der Waals surface area contributed by atoms with Gasteiger partial charge >= 0.3 is 0 Å². The molecule has 1 N–H and O–H groups in total. The predicted molar refractivity (Wildman–Crippen MR) is 105 cm³/mol. The van der Waals surface area contributed by atoms with E-state index in [1.165, 1.54) is 16.7 Å². The molecule has 0 radical (unpaired) electrons. The fourth-order valence-electron chi connectivity index (χ4n) is 2.65. The van der Waals surface area contributed by atoms with Crippen molar-refractivity contribution in [2.24, 2.45) is 0 Å². The van der Waals surface area contributed by atoms with Crippen LogP contribution in [-0.2, 0) is 9.05 Å². The van der Waals surface area contributed by atoms with Gasteiger partial charge in [-0.3, -0.25) is 0 Å². The van der Waals surface area contributed by atoms with Gasteiger partial charge in [0.05, 0.1) is 18.9 Å². The molecule has 0 bridgehead atoms. The minimum Gasteiger partial charge on any atom is -0.388 e. The van der Waals surface area contributed by atoms with Crippen LogP contribution in [0.1, 0.15) is 50.9 Å². The van der Waals surface area contributed by atoms with Crippen LogP contribution >= 0.6 is 8.38 Å². The maximum atomic E-state index is 6.04. The zero-order chi connectivity index (χ0) is 17.9. The van der Waals surface area contributed by atoms with Crippen LogP contribution in [0.4, 0.5) is 0 Å². The topological polar surface area (TPSA) is 30.5 Å². The summed E-state index contributed by atoms with van der Waals surface area (Å²) >= 11 is 0. The maximum absolute atomic E-state index is 6.04. The zero-order valence-electron chi connectivity index (χ0n) is 15.9. The smallest absolute Gasteiger partial charge is 0.183 e. The van der Waals surface area contributed by atoms with Crippen LogP contribution in [-0.4, -0.2) is 20.3 Å². The standard InChI is InChI=1S/C20H32NO2P/c1-7-11-18(19(8-2)21-6)20(24(22-9-3)23-10-4)17-14-12-16(5)13-15-17/h8,11-15,20-21H,7,9-10H2,1-6H3/b18-11+,19-8+. The molecule has 0 spiro atoms. The molecule has 3 nitrogen and oxygen atoms in total. The number of hydrogen-bond acceptors (Lipinski definition) is 3. The summed E-state index contributed by atoms with van der Waals surface area (Å²) in [6.45, 7) is 11.7. The average molecular weight is 349 g/mol. The van der Waals surface area contributed by atoms with E-state index < -0.39 is 8.38 Å². The average Bonchev–Trinajstić information content (AvgIpc) is 2.58. The van der Waals surface area contributed by atoms with Gasteiger partial charge in [0.2, 0.25) is 0 Å². The van der Waals surface area contributed by atoms with Crippen LogP contribution in [0.5, 0.6) is 0 Å². The number of rotatable bonds is 10. The molecule has 0 saturated heterocycles. The normalized spacial score (nSPS) is 14.1. The summed E-state index contributed by atoms with van der Waals surface area (Å²) in [7, 11) is 0.913. The Bertz CT molecular complexity index is 531. The summed E-state index contributed by atoms with van der Waals surface area (Å²) in [5.41, 5.74) is 4.98. The van der Waals surface area contributed by atoms with Gasteiger partial charge < -0.3 is 14.4 Å². The second-order valence-corrected chi connectivity index (χ2v) is 7.06. The SMILES string of the molecule is C/C=C(NC)\C(=C/CC)C(c1ccc(C)cc1)P(OCC)OCC. The van der Waals surface area contributed by atoms with Gasteiger partial charge in [0, 0.05) is 12.7 Å². The number of likely N-dealkylation sites (N-methyl/N-ethyl adjacent to an activating group) is 1. The number of benzene rings is 1. The van der Waals surface area contributed by atoms with Crippen LogP contribution < -0.4 is 5.32 Å². The molecular weight excluding hydrogens is 317 g/mol. The molecule has 1 aromatic carbocycles. The molecule has 0 saturated carbocycles. The molecule has 0 amide bonds. The van der Waals surface area contributed by atoms with Crippen molar-refractivity contribution < 1.29 is 9.05 Å². The lowest BCUT2D eigenvalue weighted by molar-refractivity contribution is 0.264. The Labute approximate surface area is 149 Å². The molecule has 0 heterocycles. The number of hydrogen-bond donors (Lipinski definition) is 1. The third-order valence-corrected chi connectivity index (χ3v) is 5.73. The molecule has 0 aliphatic heterocycles. The van der Waals surface area contributed by atoms with Gasteiger partial charge in [0.1, 0.15) is 0 Å². The van der Waals surface area contributed by atoms with Crippen molar-refractivity contribution in [1.29, 1.82) is 0 Å². The van der Waals surface area contributed by atoms with E-state index >= 15 is 0 Å². The lowest BCUT2D eigenvalue weighted by Crippen LogP contribution is -2.15. The first-order chi connectivity index (χ1) is 11.6. The van der Waals surface area contributed by atoms with Crippen LogP contribution in [0.2, 0.25) is 0 Å². The Morgan fingerprint density at radius 2 is 1.71 bits per heavy atom. The highest BCUT2D eigenvalue weighted by molar-refractivity contribution is 7.48. The number of allylic oxidation sites excluding steroid dienone is 3. The van der Waals surface area contributed by atoms with Gasteiger partial charge in [0.15, 0.2) is 8.38 Å². The molecule has 0 fully saturated rings. The lowest BCUT2D eigenvalue weighted by Gasteiger charge is -2.29. The van der Waals surface area contributed by atoms with E-state index in [4.69, 9.17) is 9.05 Å². The van der Waals surface area contributed by atoms with Crippen molar-refractivity contribution >= 4 is 8.38 Å². The first-order valence-electron chi connectivity index (χ1n) is 8.78. The highest BCUT2D eigenvalue weighted by atomic mass is 31.2. The second kappa shape index (κ2) is 11.4. The fourth-order valence-corrected chi connectivity index (χ4v) is 4.42. The van der Waals surface area contributed by atoms with Gasteiger partial charge in [-0.25, -0.2) is 0 Å². The molecule has 0 aliphatic rings. The Balaban J connectivity index is 3.43. The van der Waals surface area contributed by atoms with E-state index in [1.54, 1.807) is 0 Å². The Morgan fingerprint density at radius 3 is 2.12 bits per heavy atom. The minimum absolute atomic E-state index is 0.0964. The summed E-state index contributed by atoms with van der Waals surface area (Å²) in [5.74, 6) is 0. The monoisotopic (exact) mass is 349 g/mol. The summed E-state index contributed by atoms with van der Waals surface area (Å²) < 4.78 is 12.1. The van der Waals surface area contributed by atoms with E-state index in [2.05, 4.69) is 62.5 Å². The van der Waals surface area contributed by atoms with Gasteiger partial charge in [-0.2, -0.15) is 0 Å². The Morgan fingerprint density at radius 1 is 1.12 bits per heavy atom. The number of aryl methyl sites for hydroxylation is 1. The lowest BCUT2D eigenvalue weighted by atomic mass is 9.99. The molecule has 1 rings (SSSR count). The van der Waals surface area contributed by atoms with Crippen molar-refractivity contribution in [1.82, 2.24) is 5.32 Å². The third kappa shape index (κ3) is 5.73. The van der Waals surface area contributed by atoms with Crippen molar-refractivity contribution in [3.05, 3.63) is 58.8 Å². The second-order valence-electron chi connectivity index (χ2n) is 5.45. The van der Waals surface area contributed by atoms with E-state index in [0.717, 1.165) is 12.1 Å². The van der Waals surface area contributed by atoms with Gasteiger partial charge in [-0.15, -0.1) is 0 Å². The van der Waals surface area contributed by atoms with Gasteiger partial charge in [-0.1, -0.05) is 48.9 Å². The Hall–Kier alpha value is -1.15. The summed E-state index contributed by atoms with van der Waals surface area (Å²) in [6.07, 6.45) is 5.37. The molecule has 24 heavy (non-hydrogen) atoms. The Kier molecular flexibility index (Phi) is 9.94. The van der Waals surface area contributed by atoms with Crippen molar-refractivity contribution in [3.8, 4) is 0 Å². The molecule has 1 aromatic rings. The van der Waals surface area contributed by atoms with Crippen LogP contribution in [0.3, 0.4) is 0 Å². The van der Waals surface area contributed by atoms with E-state index in [9.17, 15) is 0 Å². The van der Waals surface area contributed by atoms with Crippen molar-refractivity contribution in [2.45, 2.75) is 46.7 Å². The molecule has 1 unspecified atom stereocenters. The van der Waals surface area contributed by atoms with E-state index in [1.807, 2.05) is 20.9 Å². The number of nitrogens with one attached hydrogen (secondary N) is 1. The highest BCUT2D eigenvalue weighted by Crippen LogP contribution is 2.57. The largest absolute Gasteiger partial charge is 0.388 e. The quantitative estimate of drug-likeness (QED) is 0.422. The van der Waals surface area contributed by atoms with Gasteiger partial charge in [-0.05, 0) is 45.3 Å². The molecule has 1 atom stereocenters. The summed E-state index contributed by atoms with van der Waals surface area (Å²) in [4.78, 5) is 0.